The molecule has 0 radical (unpaired) electrons. The number of carbonyl (C=O) groups excluding carboxylic acids is 1. The van der Waals surface area contributed by atoms with E-state index in [0.29, 0.717) is 17.0 Å². The highest BCUT2D eigenvalue weighted by Crippen LogP contribution is 2.40. The van der Waals surface area contributed by atoms with Crippen molar-refractivity contribution in [2.24, 2.45) is 0 Å². The van der Waals surface area contributed by atoms with Gasteiger partial charge in [0.25, 0.3) is 0 Å². The van der Waals surface area contributed by atoms with Crippen molar-refractivity contribution in [3.63, 3.8) is 0 Å². The lowest BCUT2D eigenvalue weighted by Crippen LogP contribution is -2.09. The molecule has 5 nitrogen and oxygen atoms in total. The highest BCUT2D eigenvalue weighted by atomic mass is 32.1. The van der Waals surface area contributed by atoms with Crippen LogP contribution in [0.15, 0.2) is 84.2 Å². The van der Waals surface area contributed by atoms with Gasteiger partial charge in [0, 0.05) is 5.38 Å². The molecule has 1 heterocycles. The molecule has 0 saturated carbocycles. The van der Waals surface area contributed by atoms with Gasteiger partial charge in [-0.15, -0.1) is 11.3 Å². The number of Topliss-reactive ketones (excluding diaryl/α,β-unsaturated/α-hetero) is 1. The minimum atomic E-state index is -0.954. The van der Waals surface area contributed by atoms with Crippen molar-refractivity contribution >= 4 is 23.1 Å². The van der Waals surface area contributed by atoms with Gasteiger partial charge in [-0.05, 0) is 54.3 Å². The Bertz CT molecular complexity index is 1280. The van der Waals surface area contributed by atoms with Crippen molar-refractivity contribution < 1.29 is 24.5 Å². The van der Waals surface area contributed by atoms with Gasteiger partial charge >= 0.3 is 5.97 Å². The zero-order valence-corrected chi connectivity index (χ0v) is 18.7. The maximum Gasteiger partial charge on any atom is 0.335 e. The second-order valence-electron chi connectivity index (χ2n) is 7.65. The van der Waals surface area contributed by atoms with E-state index in [1.807, 2.05) is 54.6 Å². The molecule has 0 aliphatic carbocycles. The number of ether oxygens (including phenoxy) is 1. The maximum absolute atomic E-state index is 11.9. The Hall–Kier alpha value is -3.90. The van der Waals surface area contributed by atoms with Gasteiger partial charge in [-0.25, -0.2) is 4.79 Å². The van der Waals surface area contributed by atoms with E-state index in [-0.39, 0.29) is 22.7 Å². The molecule has 3 aromatic carbocycles. The van der Waals surface area contributed by atoms with E-state index in [0.717, 1.165) is 16.7 Å². The minimum absolute atomic E-state index is 0.0527. The maximum atomic E-state index is 11.9. The summed E-state index contributed by atoms with van der Waals surface area (Å²) in [5.41, 5.74) is 3.37. The molecule has 0 aliphatic rings. The normalized spacial score (nSPS) is 11.7. The van der Waals surface area contributed by atoms with Crippen LogP contribution in [0.4, 0.5) is 0 Å². The van der Waals surface area contributed by atoms with E-state index >= 15 is 0 Å². The fourth-order valence-electron chi connectivity index (χ4n) is 3.58. The summed E-state index contributed by atoms with van der Waals surface area (Å²) in [6, 6.07) is 24.0. The zero-order valence-electron chi connectivity index (χ0n) is 17.9. The summed E-state index contributed by atoms with van der Waals surface area (Å²) in [7, 11) is 0. The number of benzene rings is 3. The van der Waals surface area contributed by atoms with Crippen molar-refractivity contribution in [1.29, 1.82) is 0 Å². The van der Waals surface area contributed by atoms with E-state index in [1.54, 1.807) is 29.6 Å². The van der Waals surface area contributed by atoms with Crippen LogP contribution in [0, 0.1) is 0 Å². The van der Waals surface area contributed by atoms with Gasteiger partial charge in [0.1, 0.15) is 11.5 Å². The summed E-state index contributed by atoms with van der Waals surface area (Å²) >= 11 is 1.29. The molecular formula is C27H22O5S. The molecule has 0 bridgehead atoms. The number of aromatic carboxylic acids is 1. The molecule has 0 fully saturated rings. The Morgan fingerprint density at radius 3 is 2.30 bits per heavy atom. The second kappa shape index (κ2) is 9.71. The lowest BCUT2D eigenvalue weighted by molar-refractivity contribution is 0.0696. The summed E-state index contributed by atoms with van der Waals surface area (Å²) in [4.78, 5) is 23.5. The Balaban J connectivity index is 1.68. The molecule has 1 atom stereocenters. The summed E-state index contributed by atoms with van der Waals surface area (Å²) < 4.78 is 6.28. The van der Waals surface area contributed by atoms with Gasteiger partial charge in [0.15, 0.2) is 11.9 Å². The standard InChI is InChI=1S/C27H22O5S/c1-17(28)23-16-33-26(24(23)29)25(32-22-8-3-2-4-9-22)21-7-5-6-19(15-21)14-18-10-12-20(13-11-18)27(30)31/h2-13,15-16,25,29H,14H2,1H3,(H,30,31). The number of carboxylic acid groups (broad SMARTS) is 1. The smallest absolute Gasteiger partial charge is 0.335 e. The van der Waals surface area contributed by atoms with Crippen LogP contribution in [0.3, 0.4) is 0 Å². The van der Waals surface area contributed by atoms with Gasteiger partial charge < -0.3 is 14.9 Å². The molecule has 1 aromatic heterocycles. The summed E-state index contributed by atoms with van der Waals surface area (Å²) in [5.74, 6) is -0.561. The molecule has 0 amide bonds. The van der Waals surface area contributed by atoms with Crippen molar-refractivity contribution in [3.8, 4) is 11.5 Å². The van der Waals surface area contributed by atoms with Gasteiger partial charge in [-0.1, -0.05) is 54.6 Å². The number of hydrogen-bond donors (Lipinski definition) is 2. The minimum Gasteiger partial charge on any atom is -0.506 e. The zero-order chi connectivity index (χ0) is 23.4. The summed E-state index contributed by atoms with van der Waals surface area (Å²) in [6.07, 6.45) is 0.0146. The van der Waals surface area contributed by atoms with Crippen LogP contribution in [0.5, 0.6) is 11.5 Å². The number of carbonyl (C=O) groups is 2. The predicted octanol–water partition coefficient (Wildman–Crippen LogP) is 6.11. The van der Waals surface area contributed by atoms with Crippen LogP contribution in [0.2, 0.25) is 0 Å². The van der Waals surface area contributed by atoms with Gasteiger partial charge in [0.05, 0.1) is 16.0 Å². The average molecular weight is 459 g/mol. The topological polar surface area (TPSA) is 83.8 Å². The van der Waals surface area contributed by atoms with Crippen LogP contribution in [-0.2, 0) is 6.42 Å². The van der Waals surface area contributed by atoms with Gasteiger partial charge in [-0.3, -0.25) is 4.79 Å². The molecule has 0 saturated heterocycles. The number of thiophene rings is 1. The van der Waals surface area contributed by atoms with Crippen molar-refractivity contribution in [2.45, 2.75) is 19.4 Å². The first kappa shape index (κ1) is 22.3. The largest absolute Gasteiger partial charge is 0.506 e. The second-order valence-corrected chi connectivity index (χ2v) is 8.56. The predicted molar refractivity (Wildman–Crippen MR) is 128 cm³/mol. The Kier molecular flexibility index (Phi) is 6.56. The highest BCUT2D eigenvalue weighted by Gasteiger charge is 2.25. The molecule has 2 N–H and O–H groups in total. The molecule has 4 rings (SSSR count). The molecule has 0 aliphatic heterocycles. The third kappa shape index (κ3) is 5.13. The lowest BCUT2D eigenvalue weighted by Gasteiger charge is -2.20. The van der Waals surface area contributed by atoms with E-state index in [1.165, 1.54) is 18.3 Å². The molecule has 6 heteroatoms. The summed E-state index contributed by atoms with van der Waals surface area (Å²) in [5, 5.41) is 21.5. The molecule has 0 spiro atoms. The Labute approximate surface area is 195 Å². The first-order chi connectivity index (χ1) is 15.9. The summed E-state index contributed by atoms with van der Waals surface area (Å²) in [6.45, 7) is 1.43. The van der Waals surface area contributed by atoms with Crippen molar-refractivity contribution in [3.05, 3.63) is 117 Å². The van der Waals surface area contributed by atoms with Crippen LogP contribution in [0.25, 0.3) is 0 Å². The first-order valence-electron chi connectivity index (χ1n) is 10.4. The third-order valence-corrected chi connectivity index (χ3v) is 6.28. The highest BCUT2D eigenvalue weighted by molar-refractivity contribution is 7.10. The Morgan fingerprint density at radius 1 is 0.939 bits per heavy atom. The molecule has 166 valence electrons. The fourth-order valence-corrected chi connectivity index (χ4v) is 4.63. The van der Waals surface area contributed by atoms with Crippen molar-refractivity contribution in [1.82, 2.24) is 0 Å². The lowest BCUT2D eigenvalue weighted by atomic mass is 9.98. The van der Waals surface area contributed by atoms with E-state index in [9.17, 15) is 14.7 Å². The molecule has 4 aromatic rings. The van der Waals surface area contributed by atoms with Crippen LogP contribution < -0.4 is 4.74 Å². The molecule has 33 heavy (non-hydrogen) atoms. The van der Waals surface area contributed by atoms with Gasteiger partial charge in [-0.2, -0.15) is 0 Å². The first-order valence-corrected chi connectivity index (χ1v) is 11.2. The van der Waals surface area contributed by atoms with Crippen LogP contribution in [-0.4, -0.2) is 22.0 Å². The molecule has 1 unspecified atom stereocenters. The number of hydrogen-bond acceptors (Lipinski definition) is 5. The Morgan fingerprint density at radius 2 is 1.67 bits per heavy atom. The van der Waals surface area contributed by atoms with E-state index in [4.69, 9.17) is 9.84 Å². The monoisotopic (exact) mass is 458 g/mol. The third-order valence-electron chi connectivity index (χ3n) is 5.27. The number of para-hydroxylation sites is 1. The van der Waals surface area contributed by atoms with Crippen LogP contribution >= 0.6 is 11.3 Å². The number of rotatable bonds is 8. The number of aromatic hydroxyl groups is 1. The van der Waals surface area contributed by atoms with E-state index < -0.39 is 12.1 Å². The van der Waals surface area contributed by atoms with Gasteiger partial charge in [0.2, 0.25) is 0 Å². The number of carboxylic acids is 1. The number of ketones is 1. The average Bonchev–Trinajstić information content (AvgIpc) is 3.20. The van der Waals surface area contributed by atoms with Crippen molar-refractivity contribution in [2.75, 3.05) is 0 Å². The molecular weight excluding hydrogens is 436 g/mol. The van der Waals surface area contributed by atoms with Crippen LogP contribution in [0.1, 0.15) is 55.3 Å². The fraction of sp³-hybridized carbons (Fsp3) is 0.111. The van der Waals surface area contributed by atoms with E-state index in [2.05, 4.69) is 0 Å². The SMILES string of the molecule is CC(=O)c1csc(C(Oc2ccccc2)c2cccc(Cc3ccc(C(=O)O)cc3)c2)c1O. The quantitative estimate of drug-likeness (QED) is 0.311.